The minimum Gasteiger partial charge on any atom is -0.383 e. The molecule has 0 aliphatic carbocycles. The minimum absolute atomic E-state index is 0.0866. The van der Waals surface area contributed by atoms with E-state index in [9.17, 15) is 0 Å². The van der Waals surface area contributed by atoms with Gasteiger partial charge in [-0.3, -0.25) is 4.68 Å². The normalized spacial score (nSPS) is 12.0. The molecule has 0 bridgehead atoms. The smallest absolute Gasteiger partial charge is 0.231 e. The summed E-state index contributed by atoms with van der Waals surface area (Å²) in [6, 6.07) is 0. The first kappa shape index (κ1) is 13.7. The molecule has 7 nitrogen and oxygen atoms in total. The number of nitrogens with one attached hydrogen (secondary N) is 2. The van der Waals surface area contributed by atoms with Gasteiger partial charge in [-0.1, -0.05) is 11.6 Å². The zero-order chi connectivity index (χ0) is 15.2. The van der Waals surface area contributed by atoms with Crippen LogP contribution < -0.4 is 11.1 Å². The van der Waals surface area contributed by atoms with Crippen LogP contribution in [0.5, 0.6) is 0 Å². The van der Waals surface area contributed by atoms with Crippen LogP contribution in [0.3, 0.4) is 0 Å². The molecule has 3 heterocycles. The second kappa shape index (κ2) is 4.63. The quantitative estimate of drug-likeness (QED) is 0.676. The Morgan fingerprint density at radius 1 is 1.33 bits per heavy atom. The van der Waals surface area contributed by atoms with Crippen LogP contribution in [0.25, 0.3) is 11.0 Å². The van der Waals surface area contributed by atoms with Gasteiger partial charge in [-0.05, 0) is 20.8 Å². The van der Waals surface area contributed by atoms with Gasteiger partial charge in [0.2, 0.25) is 5.95 Å². The van der Waals surface area contributed by atoms with Crippen LogP contribution in [0.1, 0.15) is 20.8 Å². The average molecular weight is 306 g/mol. The van der Waals surface area contributed by atoms with Gasteiger partial charge in [0, 0.05) is 12.4 Å². The van der Waals surface area contributed by atoms with Gasteiger partial charge in [0.1, 0.15) is 11.5 Å². The molecule has 3 aromatic heterocycles. The van der Waals surface area contributed by atoms with E-state index in [1.165, 1.54) is 0 Å². The van der Waals surface area contributed by atoms with E-state index in [0.29, 0.717) is 27.8 Å². The maximum absolute atomic E-state index is 6.02. The fourth-order valence-corrected chi connectivity index (χ4v) is 2.20. The van der Waals surface area contributed by atoms with Crippen LogP contribution in [0.15, 0.2) is 18.6 Å². The van der Waals surface area contributed by atoms with Crippen molar-refractivity contribution in [1.82, 2.24) is 24.7 Å². The summed E-state index contributed by atoms with van der Waals surface area (Å²) in [4.78, 5) is 11.5. The van der Waals surface area contributed by atoms with Crippen molar-refractivity contribution in [1.29, 1.82) is 0 Å². The van der Waals surface area contributed by atoms with Gasteiger partial charge in [0.15, 0.2) is 0 Å². The Hall–Kier alpha value is -2.28. The predicted molar refractivity (Wildman–Crippen MR) is 83.8 cm³/mol. The predicted octanol–water partition coefficient (Wildman–Crippen LogP) is 2.89. The van der Waals surface area contributed by atoms with E-state index in [4.69, 9.17) is 17.3 Å². The molecule has 0 saturated heterocycles. The van der Waals surface area contributed by atoms with E-state index in [0.717, 1.165) is 5.69 Å². The highest BCUT2D eigenvalue weighted by atomic mass is 35.5. The summed E-state index contributed by atoms with van der Waals surface area (Å²) in [6.07, 6.45) is 5.25. The van der Waals surface area contributed by atoms with Crippen molar-refractivity contribution in [3.63, 3.8) is 0 Å². The number of anilines is 3. The molecule has 3 rings (SSSR count). The SMILES string of the molecule is CC(C)(C)n1cc(Nc2nc(N)c3c(Cl)c[nH]c3n2)cn1. The molecule has 3 aromatic rings. The van der Waals surface area contributed by atoms with Gasteiger partial charge >= 0.3 is 0 Å². The standard InChI is InChI=1S/C13H16ClN7/c1-13(2,3)21-6-7(4-17-21)18-12-19-10(15)9-8(14)5-16-11(9)20-12/h4-6H,1-3H3,(H4,15,16,18,19,20). The molecule has 0 amide bonds. The average Bonchev–Trinajstić information content (AvgIpc) is 2.96. The lowest BCUT2D eigenvalue weighted by Gasteiger charge is -2.18. The molecule has 8 heteroatoms. The van der Waals surface area contributed by atoms with Crippen molar-refractivity contribution >= 4 is 40.1 Å². The Balaban J connectivity index is 1.93. The number of hydrogen-bond donors (Lipinski definition) is 3. The van der Waals surface area contributed by atoms with Gasteiger partial charge in [-0.25, -0.2) is 0 Å². The van der Waals surface area contributed by atoms with Crippen LogP contribution in [0.4, 0.5) is 17.5 Å². The number of fused-ring (bicyclic) bond motifs is 1. The molecular weight excluding hydrogens is 290 g/mol. The zero-order valence-corrected chi connectivity index (χ0v) is 12.7. The molecular formula is C13H16ClN7. The fourth-order valence-electron chi connectivity index (χ4n) is 1.96. The first-order valence-corrected chi connectivity index (χ1v) is 6.84. The van der Waals surface area contributed by atoms with Crippen LogP contribution in [-0.2, 0) is 5.54 Å². The third-order valence-corrected chi connectivity index (χ3v) is 3.34. The van der Waals surface area contributed by atoms with Crippen molar-refractivity contribution in [3.05, 3.63) is 23.6 Å². The molecule has 0 aliphatic heterocycles. The van der Waals surface area contributed by atoms with E-state index >= 15 is 0 Å². The van der Waals surface area contributed by atoms with E-state index in [2.05, 4.69) is 46.1 Å². The number of halogens is 1. The summed E-state index contributed by atoms with van der Waals surface area (Å²) in [5, 5.41) is 8.54. The number of aromatic nitrogens is 5. The van der Waals surface area contributed by atoms with Crippen LogP contribution >= 0.6 is 11.6 Å². The molecule has 0 radical (unpaired) electrons. The van der Waals surface area contributed by atoms with Crippen molar-refractivity contribution < 1.29 is 0 Å². The second-order valence-corrected chi connectivity index (χ2v) is 6.17. The highest BCUT2D eigenvalue weighted by Crippen LogP contribution is 2.27. The Morgan fingerprint density at radius 3 is 2.76 bits per heavy atom. The summed E-state index contributed by atoms with van der Waals surface area (Å²) in [7, 11) is 0. The summed E-state index contributed by atoms with van der Waals surface area (Å²) >= 11 is 6.02. The van der Waals surface area contributed by atoms with Crippen LogP contribution in [0.2, 0.25) is 5.02 Å². The molecule has 4 N–H and O–H groups in total. The van der Waals surface area contributed by atoms with Crippen molar-refractivity contribution in [3.8, 4) is 0 Å². The van der Waals surface area contributed by atoms with E-state index in [1.54, 1.807) is 12.4 Å². The Labute approximate surface area is 126 Å². The maximum Gasteiger partial charge on any atom is 0.231 e. The van der Waals surface area contributed by atoms with Crippen molar-refractivity contribution in [2.75, 3.05) is 11.1 Å². The summed E-state index contributed by atoms with van der Waals surface area (Å²) in [5.41, 5.74) is 7.22. The lowest BCUT2D eigenvalue weighted by molar-refractivity contribution is 0.355. The number of H-pyrrole nitrogens is 1. The summed E-state index contributed by atoms with van der Waals surface area (Å²) in [5.74, 6) is 0.726. The van der Waals surface area contributed by atoms with Gasteiger partial charge in [-0.15, -0.1) is 0 Å². The number of hydrogen-bond acceptors (Lipinski definition) is 5. The molecule has 0 atom stereocenters. The number of nitrogens with zero attached hydrogens (tertiary/aromatic N) is 4. The van der Waals surface area contributed by atoms with Crippen molar-refractivity contribution in [2.24, 2.45) is 0 Å². The van der Waals surface area contributed by atoms with E-state index < -0.39 is 0 Å². The molecule has 0 saturated carbocycles. The topological polar surface area (TPSA) is 97.4 Å². The fraction of sp³-hybridized carbons (Fsp3) is 0.308. The summed E-state index contributed by atoms with van der Waals surface area (Å²) < 4.78 is 1.86. The minimum atomic E-state index is -0.0866. The molecule has 0 aliphatic rings. The monoisotopic (exact) mass is 305 g/mol. The second-order valence-electron chi connectivity index (χ2n) is 5.76. The lowest BCUT2D eigenvalue weighted by atomic mass is 10.1. The van der Waals surface area contributed by atoms with E-state index in [-0.39, 0.29) is 5.54 Å². The van der Waals surface area contributed by atoms with E-state index in [1.807, 2.05) is 10.9 Å². The largest absolute Gasteiger partial charge is 0.383 e. The molecule has 0 aromatic carbocycles. The third kappa shape index (κ3) is 2.52. The van der Waals surface area contributed by atoms with Crippen LogP contribution in [0, 0.1) is 0 Å². The molecule has 21 heavy (non-hydrogen) atoms. The van der Waals surface area contributed by atoms with Gasteiger partial charge in [0.05, 0.1) is 27.8 Å². The van der Waals surface area contributed by atoms with Gasteiger partial charge in [0.25, 0.3) is 0 Å². The van der Waals surface area contributed by atoms with Crippen LogP contribution in [-0.4, -0.2) is 24.7 Å². The number of rotatable bonds is 2. The summed E-state index contributed by atoms with van der Waals surface area (Å²) in [6.45, 7) is 6.22. The molecule has 0 spiro atoms. The Morgan fingerprint density at radius 2 is 2.10 bits per heavy atom. The Bertz CT molecular complexity index is 797. The number of nitrogen functional groups attached to an aromatic ring is 1. The first-order valence-electron chi connectivity index (χ1n) is 6.47. The number of nitrogens with two attached hydrogens (primary N) is 1. The molecule has 0 fully saturated rings. The highest BCUT2D eigenvalue weighted by molar-refractivity contribution is 6.36. The van der Waals surface area contributed by atoms with Gasteiger partial charge < -0.3 is 16.0 Å². The molecule has 0 unspecified atom stereocenters. The molecule has 110 valence electrons. The lowest BCUT2D eigenvalue weighted by Crippen LogP contribution is -2.21. The van der Waals surface area contributed by atoms with Gasteiger partial charge in [-0.2, -0.15) is 15.1 Å². The maximum atomic E-state index is 6.02. The highest BCUT2D eigenvalue weighted by Gasteiger charge is 2.15. The number of aromatic amines is 1. The first-order chi connectivity index (χ1) is 9.84. The zero-order valence-electron chi connectivity index (χ0n) is 12.0. The Kier molecular flexibility index (Phi) is 3.02. The third-order valence-electron chi connectivity index (χ3n) is 3.04. The van der Waals surface area contributed by atoms with Crippen molar-refractivity contribution in [2.45, 2.75) is 26.3 Å².